The molecule has 0 spiro atoms. The monoisotopic (exact) mass is 140 g/mol. The van der Waals surface area contributed by atoms with E-state index in [1.54, 1.807) is 0 Å². The molecule has 0 aromatic heterocycles. The minimum absolute atomic E-state index is 0.568. The molecule has 2 unspecified atom stereocenters. The molecule has 10 heavy (non-hydrogen) atoms. The van der Waals surface area contributed by atoms with Crippen LogP contribution in [-0.4, -0.2) is 25.7 Å². The van der Waals surface area contributed by atoms with E-state index in [2.05, 4.69) is 17.6 Å². The molecule has 2 aliphatic rings. The van der Waals surface area contributed by atoms with Crippen LogP contribution in [0.2, 0.25) is 0 Å². The van der Waals surface area contributed by atoms with Gasteiger partial charge in [0.15, 0.2) is 0 Å². The lowest BCUT2D eigenvalue weighted by Gasteiger charge is -2.35. The minimum atomic E-state index is 0.568. The fourth-order valence-electron chi connectivity index (χ4n) is 2.22. The summed E-state index contributed by atoms with van der Waals surface area (Å²) in [5, 5.41) is 7.00. The van der Waals surface area contributed by atoms with Crippen LogP contribution in [0.4, 0.5) is 0 Å². The first-order valence-corrected chi connectivity index (χ1v) is 4.25. The third-order valence-electron chi connectivity index (χ3n) is 3.03. The third kappa shape index (κ3) is 0.867. The molecular weight excluding hydrogens is 124 g/mol. The van der Waals surface area contributed by atoms with Crippen molar-refractivity contribution in [2.75, 3.05) is 19.6 Å². The Morgan fingerprint density at radius 1 is 1.50 bits per heavy atom. The summed E-state index contributed by atoms with van der Waals surface area (Å²) in [5.74, 6) is 0. The van der Waals surface area contributed by atoms with E-state index in [0.717, 1.165) is 6.04 Å². The van der Waals surface area contributed by atoms with Gasteiger partial charge in [-0.2, -0.15) is 0 Å². The summed E-state index contributed by atoms with van der Waals surface area (Å²) >= 11 is 0. The second kappa shape index (κ2) is 2.21. The van der Waals surface area contributed by atoms with Gasteiger partial charge in [-0.1, -0.05) is 6.92 Å². The molecule has 2 heteroatoms. The molecule has 0 amide bonds. The lowest BCUT2D eigenvalue weighted by molar-refractivity contribution is 0.212. The highest BCUT2D eigenvalue weighted by atomic mass is 15.1. The number of hydrogen-bond acceptors (Lipinski definition) is 2. The molecule has 0 aromatic carbocycles. The molecule has 2 saturated heterocycles. The Morgan fingerprint density at radius 3 is 3.20 bits per heavy atom. The Hall–Kier alpha value is -0.0800. The van der Waals surface area contributed by atoms with Crippen LogP contribution >= 0.6 is 0 Å². The van der Waals surface area contributed by atoms with Crippen LogP contribution in [0.1, 0.15) is 19.8 Å². The summed E-state index contributed by atoms with van der Waals surface area (Å²) in [4.78, 5) is 0. The van der Waals surface area contributed by atoms with Crippen molar-refractivity contribution in [2.24, 2.45) is 5.41 Å². The van der Waals surface area contributed by atoms with E-state index < -0.39 is 0 Å². The fraction of sp³-hybridized carbons (Fsp3) is 1.00. The largest absolute Gasteiger partial charge is 0.315 e. The minimum Gasteiger partial charge on any atom is -0.315 e. The van der Waals surface area contributed by atoms with E-state index >= 15 is 0 Å². The summed E-state index contributed by atoms with van der Waals surface area (Å²) in [7, 11) is 0. The SMILES string of the molecule is CC12CCCNC1CNC2. The van der Waals surface area contributed by atoms with Crippen LogP contribution in [0.25, 0.3) is 0 Å². The molecule has 2 atom stereocenters. The van der Waals surface area contributed by atoms with Crippen molar-refractivity contribution in [2.45, 2.75) is 25.8 Å². The van der Waals surface area contributed by atoms with Gasteiger partial charge in [-0.05, 0) is 24.8 Å². The van der Waals surface area contributed by atoms with Gasteiger partial charge in [0.2, 0.25) is 0 Å². The number of rotatable bonds is 0. The highest BCUT2D eigenvalue weighted by Crippen LogP contribution is 2.32. The quantitative estimate of drug-likeness (QED) is 0.507. The molecule has 0 aliphatic carbocycles. The van der Waals surface area contributed by atoms with Gasteiger partial charge in [-0.3, -0.25) is 0 Å². The molecule has 2 heterocycles. The first-order chi connectivity index (χ1) is 4.81. The molecule has 0 saturated carbocycles. The second-order valence-corrected chi connectivity index (χ2v) is 3.90. The number of nitrogens with one attached hydrogen (secondary N) is 2. The van der Waals surface area contributed by atoms with Gasteiger partial charge in [-0.25, -0.2) is 0 Å². The summed E-state index contributed by atoms with van der Waals surface area (Å²) < 4.78 is 0. The molecule has 0 radical (unpaired) electrons. The average Bonchev–Trinajstić information content (AvgIpc) is 2.29. The predicted octanol–water partition coefficient (Wildman–Crippen LogP) is 0.348. The van der Waals surface area contributed by atoms with E-state index in [1.807, 2.05) is 0 Å². The zero-order chi connectivity index (χ0) is 7.03. The highest BCUT2D eigenvalue weighted by Gasteiger charge is 2.39. The summed E-state index contributed by atoms with van der Waals surface area (Å²) in [6.07, 6.45) is 2.76. The number of hydrogen-bond donors (Lipinski definition) is 2. The predicted molar refractivity (Wildman–Crippen MR) is 42.0 cm³/mol. The van der Waals surface area contributed by atoms with Gasteiger partial charge >= 0.3 is 0 Å². The summed E-state index contributed by atoms with van der Waals surface area (Å²) in [5.41, 5.74) is 0.568. The Kier molecular flexibility index (Phi) is 1.46. The van der Waals surface area contributed by atoms with Crippen LogP contribution in [0.15, 0.2) is 0 Å². The zero-order valence-electron chi connectivity index (χ0n) is 6.61. The van der Waals surface area contributed by atoms with Crippen LogP contribution in [-0.2, 0) is 0 Å². The molecule has 2 aliphatic heterocycles. The standard InChI is InChI=1S/C8H16N2/c1-8-3-2-4-10-7(8)5-9-6-8/h7,9-10H,2-6H2,1H3. The van der Waals surface area contributed by atoms with Crippen molar-refractivity contribution in [3.05, 3.63) is 0 Å². The summed E-state index contributed by atoms with van der Waals surface area (Å²) in [6.45, 7) is 6.01. The van der Waals surface area contributed by atoms with E-state index in [0.29, 0.717) is 5.41 Å². The third-order valence-corrected chi connectivity index (χ3v) is 3.03. The van der Waals surface area contributed by atoms with E-state index in [-0.39, 0.29) is 0 Å². The van der Waals surface area contributed by atoms with Crippen LogP contribution < -0.4 is 10.6 Å². The topological polar surface area (TPSA) is 24.1 Å². The van der Waals surface area contributed by atoms with Crippen molar-refractivity contribution < 1.29 is 0 Å². The van der Waals surface area contributed by atoms with Gasteiger partial charge in [0.25, 0.3) is 0 Å². The first-order valence-electron chi connectivity index (χ1n) is 4.25. The van der Waals surface area contributed by atoms with Gasteiger partial charge in [0, 0.05) is 19.1 Å². The van der Waals surface area contributed by atoms with Gasteiger partial charge in [-0.15, -0.1) is 0 Å². The van der Waals surface area contributed by atoms with Gasteiger partial charge in [0.05, 0.1) is 0 Å². The highest BCUT2D eigenvalue weighted by molar-refractivity contribution is 4.98. The smallest absolute Gasteiger partial charge is 0.0258 e. The Balaban J connectivity index is 2.10. The maximum absolute atomic E-state index is 3.56. The molecule has 2 rings (SSSR count). The van der Waals surface area contributed by atoms with E-state index in [9.17, 15) is 0 Å². The number of fused-ring (bicyclic) bond motifs is 1. The zero-order valence-corrected chi connectivity index (χ0v) is 6.61. The molecule has 0 aromatic rings. The Morgan fingerprint density at radius 2 is 2.40 bits per heavy atom. The maximum atomic E-state index is 3.56. The Labute approximate surface area is 62.4 Å². The molecule has 2 nitrogen and oxygen atoms in total. The first kappa shape index (κ1) is 6.62. The lowest BCUT2D eigenvalue weighted by atomic mass is 9.78. The van der Waals surface area contributed by atoms with Crippen molar-refractivity contribution in [3.63, 3.8) is 0 Å². The van der Waals surface area contributed by atoms with Crippen LogP contribution in [0.5, 0.6) is 0 Å². The van der Waals surface area contributed by atoms with E-state index in [1.165, 1.54) is 32.5 Å². The Bertz CT molecular complexity index is 135. The van der Waals surface area contributed by atoms with Crippen LogP contribution in [0, 0.1) is 5.41 Å². The molecule has 2 N–H and O–H groups in total. The van der Waals surface area contributed by atoms with Crippen molar-refractivity contribution in [1.82, 2.24) is 10.6 Å². The molecular formula is C8H16N2. The van der Waals surface area contributed by atoms with Gasteiger partial charge < -0.3 is 10.6 Å². The number of piperidine rings is 1. The summed E-state index contributed by atoms with van der Waals surface area (Å²) in [6, 6.07) is 0.751. The molecule has 58 valence electrons. The average molecular weight is 140 g/mol. The van der Waals surface area contributed by atoms with Gasteiger partial charge in [0.1, 0.15) is 0 Å². The maximum Gasteiger partial charge on any atom is 0.0258 e. The molecule has 0 bridgehead atoms. The molecule has 2 fully saturated rings. The van der Waals surface area contributed by atoms with Crippen molar-refractivity contribution >= 4 is 0 Å². The second-order valence-electron chi connectivity index (χ2n) is 3.90. The normalized spacial score (nSPS) is 47.1. The fourth-order valence-corrected chi connectivity index (χ4v) is 2.22. The van der Waals surface area contributed by atoms with Crippen molar-refractivity contribution in [3.8, 4) is 0 Å². The lowest BCUT2D eigenvalue weighted by Crippen LogP contribution is -2.47. The van der Waals surface area contributed by atoms with Crippen molar-refractivity contribution in [1.29, 1.82) is 0 Å². The van der Waals surface area contributed by atoms with Crippen LogP contribution in [0.3, 0.4) is 0 Å². The van der Waals surface area contributed by atoms with E-state index in [4.69, 9.17) is 0 Å².